The fourth-order valence-electron chi connectivity index (χ4n) is 4.07. The average Bonchev–Trinajstić information content (AvgIpc) is 2.76. The van der Waals surface area contributed by atoms with Gasteiger partial charge in [0, 0.05) is 23.4 Å². The molecule has 0 aromatic heterocycles. The summed E-state index contributed by atoms with van der Waals surface area (Å²) in [4.78, 5) is 27.2. The third-order valence-electron chi connectivity index (χ3n) is 5.79. The Labute approximate surface area is 182 Å². The summed E-state index contributed by atoms with van der Waals surface area (Å²) in [5.74, 6) is 1.29. The van der Waals surface area contributed by atoms with Crippen LogP contribution < -0.4 is 20.1 Å². The van der Waals surface area contributed by atoms with Gasteiger partial charge in [0.15, 0.2) is 11.5 Å². The van der Waals surface area contributed by atoms with Gasteiger partial charge in [-0.3, -0.25) is 14.5 Å². The highest BCUT2D eigenvalue weighted by Gasteiger charge is 2.26. The van der Waals surface area contributed by atoms with E-state index >= 15 is 0 Å². The summed E-state index contributed by atoms with van der Waals surface area (Å²) in [5.41, 5.74) is 3.80. The minimum atomic E-state index is -0.0631. The number of likely N-dealkylation sites (tertiary alicyclic amines) is 1. The Morgan fingerprint density at radius 3 is 2.45 bits per heavy atom. The van der Waals surface area contributed by atoms with Gasteiger partial charge in [-0.05, 0) is 63.5 Å². The summed E-state index contributed by atoms with van der Waals surface area (Å²) < 4.78 is 11.1. The van der Waals surface area contributed by atoms with Crippen molar-refractivity contribution in [2.45, 2.75) is 26.7 Å². The van der Waals surface area contributed by atoms with Crippen molar-refractivity contribution in [1.29, 1.82) is 0 Å². The predicted molar refractivity (Wildman–Crippen MR) is 120 cm³/mol. The van der Waals surface area contributed by atoms with Crippen LogP contribution in [0.2, 0.25) is 0 Å². The number of amides is 2. The van der Waals surface area contributed by atoms with Gasteiger partial charge in [-0.15, -0.1) is 0 Å². The first kappa shape index (κ1) is 21.2. The van der Waals surface area contributed by atoms with Crippen LogP contribution in [-0.4, -0.2) is 49.6 Å². The highest BCUT2D eigenvalue weighted by Crippen LogP contribution is 2.33. The number of nitrogens with zero attached hydrogens (tertiary/aromatic N) is 1. The number of carbonyl (C=O) groups excluding carboxylic acids is 2. The first-order chi connectivity index (χ1) is 15.0. The Kier molecular flexibility index (Phi) is 6.42. The topological polar surface area (TPSA) is 79.9 Å². The van der Waals surface area contributed by atoms with E-state index in [1.54, 1.807) is 6.07 Å². The maximum Gasteiger partial charge on any atom is 0.238 e. The molecule has 31 heavy (non-hydrogen) atoms. The quantitative estimate of drug-likeness (QED) is 0.771. The second-order valence-electron chi connectivity index (χ2n) is 8.26. The average molecular weight is 424 g/mol. The molecular weight excluding hydrogens is 394 g/mol. The number of hydrogen-bond donors (Lipinski definition) is 2. The van der Waals surface area contributed by atoms with Gasteiger partial charge < -0.3 is 20.1 Å². The van der Waals surface area contributed by atoms with E-state index < -0.39 is 0 Å². The van der Waals surface area contributed by atoms with Crippen LogP contribution in [0.5, 0.6) is 11.5 Å². The molecule has 1 saturated heterocycles. The lowest BCUT2D eigenvalue weighted by atomic mass is 9.95. The van der Waals surface area contributed by atoms with Gasteiger partial charge in [0.1, 0.15) is 13.2 Å². The molecule has 0 aliphatic carbocycles. The van der Waals surface area contributed by atoms with E-state index in [1.165, 1.54) is 5.56 Å². The van der Waals surface area contributed by atoms with E-state index in [9.17, 15) is 9.59 Å². The number of carbonyl (C=O) groups is 2. The third kappa shape index (κ3) is 5.35. The lowest BCUT2D eigenvalue weighted by Gasteiger charge is -2.30. The molecule has 1 fully saturated rings. The fourth-order valence-corrected chi connectivity index (χ4v) is 4.07. The summed E-state index contributed by atoms with van der Waals surface area (Å²) >= 11 is 0. The first-order valence-corrected chi connectivity index (χ1v) is 10.8. The molecule has 2 heterocycles. The highest BCUT2D eigenvalue weighted by atomic mass is 16.6. The van der Waals surface area contributed by atoms with Gasteiger partial charge in [0.25, 0.3) is 0 Å². The molecule has 7 heteroatoms. The summed E-state index contributed by atoms with van der Waals surface area (Å²) in [5, 5.41) is 5.98. The molecule has 0 atom stereocenters. The van der Waals surface area contributed by atoms with Crippen molar-refractivity contribution in [3.8, 4) is 11.5 Å². The number of anilines is 2. The minimum Gasteiger partial charge on any atom is -0.486 e. The highest BCUT2D eigenvalue weighted by molar-refractivity contribution is 5.94. The zero-order valence-corrected chi connectivity index (χ0v) is 18.1. The number of hydrogen-bond acceptors (Lipinski definition) is 5. The molecule has 0 saturated carbocycles. The third-order valence-corrected chi connectivity index (χ3v) is 5.79. The SMILES string of the molecule is Cc1ccc(NC(=O)CN2CCC(C(=O)Nc3ccc4c(c3)OCCO4)CC2)c(C)c1. The molecule has 2 aliphatic rings. The van der Waals surface area contributed by atoms with Gasteiger partial charge in [0.2, 0.25) is 11.8 Å². The van der Waals surface area contributed by atoms with Crippen molar-refractivity contribution in [3.05, 3.63) is 47.5 Å². The van der Waals surface area contributed by atoms with E-state index in [0.29, 0.717) is 36.9 Å². The van der Waals surface area contributed by atoms with Crippen LogP contribution in [-0.2, 0) is 9.59 Å². The second kappa shape index (κ2) is 9.39. The smallest absolute Gasteiger partial charge is 0.238 e. The predicted octanol–water partition coefficient (Wildman–Crippen LogP) is 3.36. The Balaban J connectivity index is 1.24. The van der Waals surface area contributed by atoms with Gasteiger partial charge in [-0.25, -0.2) is 0 Å². The fraction of sp³-hybridized carbons (Fsp3) is 0.417. The van der Waals surface area contributed by atoms with Gasteiger partial charge in [0.05, 0.1) is 6.54 Å². The van der Waals surface area contributed by atoms with Crippen molar-refractivity contribution < 1.29 is 19.1 Å². The van der Waals surface area contributed by atoms with Gasteiger partial charge in [-0.1, -0.05) is 17.7 Å². The Morgan fingerprint density at radius 2 is 1.71 bits per heavy atom. The number of aryl methyl sites for hydroxylation is 2. The standard InChI is InChI=1S/C24H29N3O4/c1-16-3-5-20(17(2)13-16)26-23(28)15-27-9-7-18(8-10-27)24(29)25-19-4-6-21-22(14-19)31-12-11-30-21/h3-6,13-14,18H,7-12,15H2,1-2H3,(H,25,29)(H,26,28). The van der Waals surface area contributed by atoms with Crippen molar-refractivity contribution in [1.82, 2.24) is 4.90 Å². The summed E-state index contributed by atoms with van der Waals surface area (Å²) in [7, 11) is 0. The van der Waals surface area contributed by atoms with Crippen LogP contribution in [0.1, 0.15) is 24.0 Å². The molecule has 2 amide bonds. The van der Waals surface area contributed by atoms with Crippen LogP contribution in [0.3, 0.4) is 0 Å². The van der Waals surface area contributed by atoms with Crippen molar-refractivity contribution >= 4 is 23.2 Å². The molecule has 2 aromatic carbocycles. The molecule has 0 radical (unpaired) electrons. The molecule has 2 aliphatic heterocycles. The number of benzene rings is 2. The summed E-state index contributed by atoms with van der Waals surface area (Å²) in [6.07, 6.45) is 1.46. The largest absolute Gasteiger partial charge is 0.486 e. The normalized spacial score (nSPS) is 16.6. The Morgan fingerprint density at radius 1 is 0.968 bits per heavy atom. The van der Waals surface area contributed by atoms with Crippen LogP contribution in [0.25, 0.3) is 0 Å². The summed E-state index contributed by atoms with van der Waals surface area (Å²) in [6, 6.07) is 11.4. The monoisotopic (exact) mass is 423 g/mol. The molecule has 2 N–H and O–H groups in total. The van der Waals surface area contributed by atoms with Crippen molar-refractivity contribution in [2.24, 2.45) is 5.92 Å². The van der Waals surface area contributed by atoms with Crippen LogP contribution in [0, 0.1) is 19.8 Å². The first-order valence-electron chi connectivity index (χ1n) is 10.8. The minimum absolute atomic E-state index is 0.0102. The van der Waals surface area contributed by atoms with Crippen LogP contribution in [0.4, 0.5) is 11.4 Å². The van der Waals surface area contributed by atoms with Crippen LogP contribution in [0.15, 0.2) is 36.4 Å². The van der Waals surface area contributed by atoms with Crippen molar-refractivity contribution in [2.75, 3.05) is 43.5 Å². The zero-order valence-electron chi connectivity index (χ0n) is 18.1. The Bertz CT molecular complexity index is 967. The molecule has 0 bridgehead atoms. The molecule has 4 rings (SSSR count). The van der Waals surface area contributed by atoms with E-state index in [1.807, 2.05) is 38.1 Å². The molecule has 2 aromatic rings. The number of nitrogens with one attached hydrogen (secondary N) is 2. The second-order valence-corrected chi connectivity index (χ2v) is 8.26. The van der Waals surface area contributed by atoms with Crippen molar-refractivity contribution in [3.63, 3.8) is 0 Å². The number of piperidine rings is 1. The van der Waals surface area contributed by atoms with E-state index in [4.69, 9.17) is 9.47 Å². The molecule has 164 valence electrons. The maximum absolute atomic E-state index is 12.7. The number of rotatable bonds is 5. The van der Waals surface area contributed by atoms with E-state index in [-0.39, 0.29) is 17.7 Å². The number of ether oxygens (including phenoxy) is 2. The lowest BCUT2D eigenvalue weighted by molar-refractivity contribution is -0.121. The maximum atomic E-state index is 12.7. The van der Waals surface area contributed by atoms with Gasteiger partial charge >= 0.3 is 0 Å². The summed E-state index contributed by atoms with van der Waals surface area (Å²) in [6.45, 7) is 6.86. The van der Waals surface area contributed by atoms with E-state index in [2.05, 4.69) is 21.6 Å². The molecule has 7 nitrogen and oxygen atoms in total. The zero-order chi connectivity index (χ0) is 21.8. The molecule has 0 spiro atoms. The molecular formula is C24H29N3O4. The van der Waals surface area contributed by atoms with Gasteiger partial charge in [-0.2, -0.15) is 0 Å². The van der Waals surface area contributed by atoms with E-state index in [0.717, 1.165) is 37.2 Å². The van der Waals surface area contributed by atoms with Crippen LogP contribution >= 0.6 is 0 Å². The Hall–Kier alpha value is -3.06. The number of fused-ring (bicyclic) bond motifs is 1. The molecule has 0 unspecified atom stereocenters. The lowest BCUT2D eigenvalue weighted by Crippen LogP contribution is -2.41.